The summed E-state index contributed by atoms with van der Waals surface area (Å²) in [7, 11) is 0. The predicted molar refractivity (Wildman–Crippen MR) is 121 cm³/mol. The van der Waals surface area contributed by atoms with E-state index in [-0.39, 0.29) is 16.8 Å². The molecule has 2 N–H and O–H groups in total. The smallest absolute Gasteiger partial charge is 0.261 e. The molecule has 1 aliphatic rings. The summed E-state index contributed by atoms with van der Waals surface area (Å²) in [5.41, 5.74) is 3.34. The van der Waals surface area contributed by atoms with Gasteiger partial charge in [0, 0.05) is 15.4 Å². The Morgan fingerprint density at radius 2 is 1.68 bits per heavy atom. The fourth-order valence-corrected chi connectivity index (χ4v) is 3.91. The molecule has 31 heavy (non-hydrogen) atoms. The van der Waals surface area contributed by atoms with Gasteiger partial charge < -0.3 is 5.32 Å². The molecule has 2 heterocycles. The second kappa shape index (κ2) is 7.45. The number of nitrogens with one attached hydrogen (secondary N) is 2. The first-order valence-corrected chi connectivity index (χ1v) is 10.3. The van der Waals surface area contributed by atoms with E-state index in [4.69, 9.17) is 4.98 Å². The molecule has 0 unspecified atom stereocenters. The van der Waals surface area contributed by atoms with E-state index in [0.717, 1.165) is 10.0 Å². The van der Waals surface area contributed by atoms with Crippen molar-refractivity contribution >= 4 is 50.2 Å². The average molecular weight is 472 g/mol. The molecule has 0 bridgehead atoms. The van der Waals surface area contributed by atoms with Gasteiger partial charge in [0.1, 0.15) is 0 Å². The predicted octanol–water partition coefficient (Wildman–Crippen LogP) is 4.80. The minimum absolute atomic E-state index is 0.173. The highest BCUT2D eigenvalue weighted by molar-refractivity contribution is 9.10. The molecule has 4 aromatic rings. The number of imide groups is 1. The highest BCUT2D eigenvalue weighted by Crippen LogP contribution is 2.28. The lowest BCUT2D eigenvalue weighted by molar-refractivity contribution is 0.0879. The normalized spacial score (nSPS) is 12.5. The first kappa shape index (κ1) is 19.1. The van der Waals surface area contributed by atoms with Gasteiger partial charge in [-0.3, -0.25) is 19.7 Å². The summed E-state index contributed by atoms with van der Waals surface area (Å²) in [5.74, 6) is -1.38. The van der Waals surface area contributed by atoms with Crippen LogP contribution in [0.1, 0.15) is 31.1 Å². The lowest BCUT2D eigenvalue weighted by Gasteiger charge is -2.12. The van der Waals surface area contributed by atoms with E-state index in [1.54, 1.807) is 24.3 Å². The maximum Gasteiger partial charge on any atom is 0.261 e. The van der Waals surface area contributed by atoms with E-state index in [9.17, 15) is 14.4 Å². The molecule has 0 spiro atoms. The van der Waals surface area contributed by atoms with Gasteiger partial charge in [0.05, 0.1) is 33.6 Å². The van der Waals surface area contributed by atoms with E-state index >= 15 is 0 Å². The van der Waals surface area contributed by atoms with Crippen LogP contribution in [0.4, 0.5) is 5.69 Å². The third-order valence-electron chi connectivity index (χ3n) is 5.11. The molecular formula is C24H14BrN3O3. The number of benzene rings is 3. The van der Waals surface area contributed by atoms with Gasteiger partial charge in [-0.25, -0.2) is 4.98 Å². The Bertz CT molecular complexity index is 1400. The maximum absolute atomic E-state index is 13.3. The molecule has 150 valence electrons. The summed E-state index contributed by atoms with van der Waals surface area (Å²) in [6, 6.07) is 21.6. The summed E-state index contributed by atoms with van der Waals surface area (Å²) >= 11 is 3.42. The van der Waals surface area contributed by atoms with E-state index < -0.39 is 17.7 Å². The van der Waals surface area contributed by atoms with Crippen LogP contribution in [0.5, 0.6) is 0 Å². The fourth-order valence-electron chi connectivity index (χ4n) is 3.64. The van der Waals surface area contributed by atoms with Gasteiger partial charge in [0.25, 0.3) is 17.7 Å². The van der Waals surface area contributed by atoms with Crippen LogP contribution in [-0.2, 0) is 0 Å². The van der Waals surface area contributed by atoms with Gasteiger partial charge in [0.15, 0.2) is 0 Å². The van der Waals surface area contributed by atoms with Gasteiger partial charge in [-0.2, -0.15) is 0 Å². The molecule has 0 saturated carbocycles. The lowest BCUT2D eigenvalue weighted by atomic mass is 10.0. The van der Waals surface area contributed by atoms with Crippen LogP contribution in [0.25, 0.3) is 22.2 Å². The fraction of sp³-hybridized carbons (Fsp3) is 0. The number of anilines is 1. The summed E-state index contributed by atoms with van der Waals surface area (Å²) < 4.78 is 0.945. The van der Waals surface area contributed by atoms with E-state index in [1.807, 2.05) is 48.5 Å². The number of rotatable bonds is 3. The molecule has 1 aliphatic heterocycles. The van der Waals surface area contributed by atoms with Crippen LogP contribution in [0.15, 0.2) is 77.3 Å². The second-order valence-electron chi connectivity index (χ2n) is 7.04. The third kappa shape index (κ3) is 3.39. The third-order valence-corrected chi connectivity index (χ3v) is 5.64. The number of aromatic nitrogens is 1. The largest absolute Gasteiger partial charge is 0.321 e. The Balaban J connectivity index is 1.60. The lowest BCUT2D eigenvalue weighted by Crippen LogP contribution is -2.21. The van der Waals surface area contributed by atoms with Gasteiger partial charge >= 0.3 is 0 Å². The number of hydrogen-bond donors (Lipinski definition) is 2. The molecule has 1 aromatic heterocycles. The number of halogens is 1. The molecule has 0 fully saturated rings. The van der Waals surface area contributed by atoms with Crippen molar-refractivity contribution in [3.63, 3.8) is 0 Å². The Kier molecular flexibility index (Phi) is 4.60. The van der Waals surface area contributed by atoms with Crippen molar-refractivity contribution in [3.05, 3.63) is 94.0 Å². The van der Waals surface area contributed by atoms with Crippen LogP contribution in [0.2, 0.25) is 0 Å². The molecule has 0 saturated heterocycles. The summed E-state index contributed by atoms with van der Waals surface area (Å²) in [4.78, 5) is 42.1. The van der Waals surface area contributed by atoms with E-state index in [1.165, 1.54) is 0 Å². The molecule has 5 rings (SSSR count). The highest BCUT2D eigenvalue weighted by Gasteiger charge is 2.30. The van der Waals surface area contributed by atoms with Crippen LogP contribution in [0, 0.1) is 0 Å². The summed E-state index contributed by atoms with van der Waals surface area (Å²) in [5, 5.41) is 5.75. The van der Waals surface area contributed by atoms with E-state index in [0.29, 0.717) is 22.2 Å². The van der Waals surface area contributed by atoms with E-state index in [2.05, 4.69) is 26.6 Å². The Labute approximate surface area is 185 Å². The number of para-hydroxylation sites is 1. The number of nitrogens with zero attached hydrogens (tertiary/aromatic N) is 1. The number of hydrogen-bond acceptors (Lipinski definition) is 4. The van der Waals surface area contributed by atoms with Crippen LogP contribution in [-0.4, -0.2) is 22.7 Å². The number of pyridine rings is 1. The van der Waals surface area contributed by atoms with Crippen molar-refractivity contribution < 1.29 is 14.4 Å². The minimum Gasteiger partial charge on any atom is -0.321 e. The maximum atomic E-state index is 13.3. The zero-order chi connectivity index (χ0) is 21.5. The van der Waals surface area contributed by atoms with Crippen LogP contribution < -0.4 is 10.6 Å². The number of carbonyl (C=O) groups excluding carboxylic acids is 3. The summed E-state index contributed by atoms with van der Waals surface area (Å²) in [6.07, 6.45) is 0. The van der Waals surface area contributed by atoms with Crippen LogP contribution >= 0.6 is 15.9 Å². The minimum atomic E-state index is -0.522. The van der Waals surface area contributed by atoms with Crippen molar-refractivity contribution in [2.45, 2.75) is 0 Å². The Hall–Kier alpha value is -3.84. The summed E-state index contributed by atoms with van der Waals surface area (Å²) in [6.45, 7) is 0. The molecule has 6 nitrogen and oxygen atoms in total. The van der Waals surface area contributed by atoms with Crippen molar-refractivity contribution in [2.24, 2.45) is 0 Å². The zero-order valence-electron chi connectivity index (χ0n) is 16.0. The number of carbonyl (C=O) groups is 3. The molecule has 3 amide bonds. The van der Waals surface area contributed by atoms with Gasteiger partial charge in [-0.05, 0) is 36.4 Å². The molecule has 0 atom stereocenters. The molecular weight excluding hydrogens is 458 g/mol. The quantitative estimate of drug-likeness (QED) is 0.420. The van der Waals surface area contributed by atoms with Gasteiger partial charge in [0.2, 0.25) is 0 Å². The second-order valence-corrected chi connectivity index (χ2v) is 7.96. The van der Waals surface area contributed by atoms with Gasteiger partial charge in [-0.15, -0.1) is 0 Å². The monoisotopic (exact) mass is 471 g/mol. The molecule has 3 aromatic carbocycles. The number of amides is 3. The highest BCUT2D eigenvalue weighted by atomic mass is 79.9. The zero-order valence-corrected chi connectivity index (χ0v) is 17.6. The van der Waals surface area contributed by atoms with Crippen molar-refractivity contribution in [3.8, 4) is 11.3 Å². The van der Waals surface area contributed by atoms with Crippen LogP contribution in [0.3, 0.4) is 0 Å². The number of fused-ring (bicyclic) bond motifs is 2. The first-order chi connectivity index (χ1) is 15.0. The van der Waals surface area contributed by atoms with Crippen molar-refractivity contribution in [2.75, 3.05) is 5.32 Å². The van der Waals surface area contributed by atoms with Crippen molar-refractivity contribution in [1.82, 2.24) is 10.3 Å². The van der Waals surface area contributed by atoms with Crippen molar-refractivity contribution in [1.29, 1.82) is 0 Å². The molecule has 0 radical (unpaired) electrons. The molecule has 7 heteroatoms. The SMILES string of the molecule is O=C1NC(=O)c2c(NC(=O)c3cc(-c4ccc(Br)cc4)nc4ccccc34)cccc21. The standard InChI is InChI=1S/C24H14BrN3O3/c25-14-10-8-13(9-11-14)20-12-17(15-4-1-2-6-18(15)26-20)23(30)27-19-7-3-5-16-21(19)24(31)28-22(16)29/h1-12H,(H,27,30)(H,28,29,31). The Morgan fingerprint density at radius 1 is 0.903 bits per heavy atom. The topological polar surface area (TPSA) is 88.2 Å². The molecule has 0 aliphatic carbocycles. The van der Waals surface area contributed by atoms with Gasteiger partial charge in [-0.1, -0.05) is 52.3 Å². The Morgan fingerprint density at radius 3 is 2.48 bits per heavy atom. The first-order valence-electron chi connectivity index (χ1n) is 9.47. The average Bonchev–Trinajstić information content (AvgIpc) is 3.08.